The van der Waals surface area contributed by atoms with Crippen LogP contribution in [0.3, 0.4) is 0 Å². The zero-order valence-electron chi connectivity index (χ0n) is 17.6. The van der Waals surface area contributed by atoms with Gasteiger partial charge in [0.2, 0.25) is 5.91 Å². The minimum absolute atomic E-state index is 0.0105. The van der Waals surface area contributed by atoms with Gasteiger partial charge in [-0.05, 0) is 42.6 Å². The van der Waals surface area contributed by atoms with Crippen molar-refractivity contribution >= 4 is 63.4 Å². The molecule has 0 N–H and O–H groups in total. The number of hydrogen-bond donors (Lipinski definition) is 0. The summed E-state index contributed by atoms with van der Waals surface area (Å²) in [6.07, 6.45) is 1.77. The summed E-state index contributed by atoms with van der Waals surface area (Å²) < 4.78 is 10.7. The first-order valence-corrected chi connectivity index (χ1v) is 12.2. The Morgan fingerprint density at radius 1 is 1.44 bits per heavy atom. The summed E-state index contributed by atoms with van der Waals surface area (Å²) in [6.45, 7) is 3.60. The number of ether oxygens (including phenoxy) is 2. The van der Waals surface area contributed by atoms with Gasteiger partial charge < -0.3 is 14.4 Å². The van der Waals surface area contributed by atoms with Gasteiger partial charge in [-0.2, -0.15) is 0 Å². The van der Waals surface area contributed by atoms with Crippen molar-refractivity contribution in [2.45, 2.75) is 13.0 Å². The lowest BCUT2D eigenvalue weighted by molar-refractivity contribution is -0.135. The number of thioether (sulfide) groups is 1. The van der Waals surface area contributed by atoms with Crippen LogP contribution in [0.5, 0.6) is 5.75 Å². The third-order valence-electron chi connectivity index (χ3n) is 4.96. The molecule has 2 amide bonds. The van der Waals surface area contributed by atoms with Crippen molar-refractivity contribution in [3.8, 4) is 5.75 Å². The number of amides is 2. The zero-order valence-corrected chi connectivity index (χ0v) is 20.0. The number of morpholine rings is 1. The highest BCUT2D eigenvalue weighted by molar-refractivity contribution is 8.14. The quantitative estimate of drug-likeness (QED) is 0.588. The van der Waals surface area contributed by atoms with Crippen molar-refractivity contribution in [1.29, 1.82) is 0 Å². The second-order valence-corrected chi connectivity index (χ2v) is 9.54. The zero-order chi connectivity index (χ0) is 22.7. The van der Waals surface area contributed by atoms with Gasteiger partial charge in [-0.15, -0.1) is 11.3 Å². The number of aliphatic imine (C=N–C) groups is 1. The van der Waals surface area contributed by atoms with Crippen molar-refractivity contribution in [3.63, 3.8) is 0 Å². The molecule has 2 aliphatic heterocycles. The van der Waals surface area contributed by atoms with Gasteiger partial charge in [-0.1, -0.05) is 29.4 Å². The number of amidine groups is 1. The molecule has 4 rings (SSSR count). The molecule has 1 atom stereocenters. The maximum absolute atomic E-state index is 13.2. The second kappa shape index (κ2) is 10.1. The number of hydrogen-bond acceptors (Lipinski definition) is 7. The molecule has 7 nitrogen and oxygen atoms in total. The Morgan fingerprint density at radius 3 is 2.97 bits per heavy atom. The Morgan fingerprint density at radius 2 is 2.28 bits per heavy atom. The highest BCUT2D eigenvalue weighted by Crippen LogP contribution is 2.34. The number of halogens is 1. The van der Waals surface area contributed by atoms with Crippen LogP contribution in [-0.2, 0) is 14.3 Å². The van der Waals surface area contributed by atoms with E-state index in [0.29, 0.717) is 47.0 Å². The van der Waals surface area contributed by atoms with Gasteiger partial charge in [0, 0.05) is 18.0 Å². The molecule has 168 valence electrons. The molecule has 0 spiro atoms. The van der Waals surface area contributed by atoms with Gasteiger partial charge >= 0.3 is 0 Å². The Labute approximate surface area is 199 Å². The van der Waals surface area contributed by atoms with Crippen LogP contribution in [0.25, 0.3) is 6.08 Å². The SMILES string of the molecule is COc1ccc(N2C(=O)/C(=C\c3cccs3)N=C2SCC(=O)N2CCOC(C)C2)cc1Cl. The van der Waals surface area contributed by atoms with Gasteiger partial charge in [0.1, 0.15) is 11.4 Å². The Balaban J connectivity index is 1.58. The molecule has 10 heteroatoms. The van der Waals surface area contributed by atoms with Crippen LogP contribution in [-0.4, -0.2) is 60.5 Å². The molecule has 1 aromatic carbocycles. The van der Waals surface area contributed by atoms with E-state index in [0.717, 1.165) is 4.88 Å². The predicted molar refractivity (Wildman–Crippen MR) is 130 cm³/mol. The van der Waals surface area contributed by atoms with E-state index in [1.165, 1.54) is 35.1 Å². The fourth-order valence-corrected chi connectivity index (χ4v) is 5.20. The number of carbonyl (C=O) groups excluding carboxylic acids is 2. The van der Waals surface area contributed by atoms with E-state index in [1.807, 2.05) is 24.4 Å². The normalized spacial score (nSPS) is 20.1. The van der Waals surface area contributed by atoms with E-state index in [-0.39, 0.29) is 23.7 Å². The molecular formula is C22H22ClN3O4S2. The summed E-state index contributed by atoms with van der Waals surface area (Å²) in [5, 5.41) is 2.76. The Bertz CT molecular complexity index is 1070. The van der Waals surface area contributed by atoms with Crippen molar-refractivity contribution in [2.75, 3.05) is 37.5 Å². The number of anilines is 1. The number of rotatable bonds is 5. The number of methoxy groups -OCH3 is 1. The highest BCUT2D eigenvalue weighted by atomic mass is 35.5. The molecule has 2 aliphatic rings. The van der Waals surface area contributed by atoms with E-state index >= 15 is 0 Å². The predicted octanol–water partition coefficient (Wildman–Crippen LogP) is 4.13. The molecule has 3 heterocycles. The maximum Gasteiger partial charge on any atom is 0.283 e. The number of thiophene rings is 1. The molecule has 0 saturated carbocycles. The molecule has 2 aromatic rings. The van der Waals surface area contributed by atoms with E-state index < -0.39 is 0 Å². The average molecular weight is 492 g/mol. The minimum atomic E-state index is -0.269. The van der Waals surface area contributed by atoms with Crippen LogP contribution in [0.15, 0.2) is 46.4 Å². The topological polar surface area (TPSA) is 71.4 Å². The molecule has 0 radical (unpaired) electrons. The van der Waals surface area contributed by atoms with Crippen LogP contribution in [0.2, 0.25) is 5.02 Å². The molecule has 0 aliphatic carbocycles. The third kappa shape index (κ3) is 5.01. The summed E-state index contributed by atoms with van der Waals surface area (Å²) in [7, 11) is 1.53. The Hall–Kier alpha value is -2.33. The van der Waals surface area contributed by atoms with Crippen molar-refractivity contribution in [3.05, 3.63) is 51.3 Å². The van der Waals surface area contributed by atoms with Gasteiger partial charge in [0.25, 0.3) is 5.91 Å². The van der Waals surface area contributed by atoms with Crippen molar-refractivity contribution in [2.24, 2.45) is 4.99 Å². The largest absolute Gasteiger partial charge is 0.495 e. The molecule has 1 saturated heterocycles. The van der Waals surface area contributed by atoms with Crippen molar-refractivity contribution in [1.82, 2.24) is 4.90 Å². The smallest absolute Gasteiger partial charge is 0.283 e. The lowest BCUT2D eigenvalue weighted by Gasteiger charge is -2.31. The first-order chi connectivity index (χ1) is 15.5. The molecule has 1 fully saturated rings. The summed E-state index contributed by atoms with van der Waals surface area (Å²) in [4.78, 5) is 34.8. The number of carbonyl (C=O) groups is 2. The molecule has 0 bridgehead atoms. The van der Waals surface area contributed by atoms with Crippen LogP contribution >= 0.6 is 34.7 Å². The molecule has 32 heavy (non-hydrogen) atoms. The molecule has 1 aromatic heterocycles. The van der Waals surface area contributed by atoms with E-state index in [2.05, 4.69) is 4.99 Å². The van der Waals surface area contributed by atoms with Gasteiger partial charge in [0.05, 0.1) is 36.3 Å². The van der Waals surface area contributed by atoms with Gasteiger partial charge in [0.15, 0.2) is 5.17 Å². The minimum Gasteiger partial charge on any atom is -0.495 e. The lowest BCUT2D eigenvalue weighted by Crippen LogP contribution is -2.45. The second-order valence-electron chi connectivity index (χ2n) is 7.21. The summed E-state index contributed by atoms with van der Waals surface area (Å²) in [5.74, 6) is 0.406. The van der Waals surface area contributed by atoms with Gasteiger partial charge in [-0.25, -0.2) is 4.99 Å². The molecular weight excluding hydrogens is 470 g/mol. The average Bonchev–Trinajstić information content (AvgIpc) is 3.40. The van der Waals surface area contributed by atoms with Gasteiger partial charge in [-0.3, -0.25) is 14.5 Å². The fraction of sp³-hybridized carbons (Fsp3) is 0.318. The summed E-state index contributed by atoms with van der Waals surface area (Å²) in [6, 6.07) is 8.95. The third-order valence-corrected chi connectivity index (χ3v) is 7.00. The summed E-state index contributed by atoms with van der Waals surface area (Å²) >= 11 is 9.06. The highest BCUT2D eigenvalue weighted by Gasteiger charge is 2.33. The van der Waals surface area contributed by atoms with E-state index in [9.17, 15) is 9.59 Å². The fourth-order valence-electron chi connectivity index (χ4n) is 3.39. The monoisotopic (exact) mass is 491 g/mol. The van der Waals surface area contributed by atoms with Crippen LogP contribution in [0.1, 0.15) is 11.8 Å². The number of nitrogens with zero attached hydrogens (tertiary/aromatic N) is 3. The first-order valence-electron chi connectivity index (χ1n) is 10.0. The maximum atomic E-state index is 13.2. The molecule has 1 unspecified atom stereocenters. The van der Waals surface area contributed by atoms with Crippen LogP contribution in [0.4, 0.5) is 5.69 Å². The van der Waals surface area contributed by atoms with Crippen molar-refractivity contribution < 1.29 is 19.1 Å². The number of benzene rings is 1. The Kier molecular flexibility index (Phi) is 7.20. The van der Waals surface area contributed by atoms with Crippen LogP contribution in [0, 0.1) is 0 Å². The lowest BCUT2D eigenvalue weighted by atomic mass is 10.2. The first kappa shape index (κ1) is 22.8. The summed E-state index contributed by atoms with van der Waals surface area (Å²) in [5.41, 5.74) is 0.878. The standard InChI is InChI=1S/C22H22ClN3O4S2/c1-14-12-25(7-8-30-14)20(27)13-32-22-24-18(11-16-4-3-9-31-16)21(28)26(22)15-5-6-19(29-2)17(23)10-15/h3-6,9-11,14H,7-8,12-13H2,1-2H3/b18-11+. The van der Waals surface area contributed by atoms with Crippen LogP contribution < -0.4 is 9.64 Å². The van der Waals surface area contributed by atoms with E-state index in [1.54, 1.807) is 29.2 Å². The van der Waals surface area contributed by atoms with E-state index in [4.69, 9.17) is 21.1 Å².